The van der Waals surface area contributed by atoms with Crippen molar-refractivity contribution < 1.29 is 13.9 Å². The monoisotopic (exact) mass is 449 g/mol. The number of allylic oxidation sites excluding steroid dienone is 1. The minimum absolute atomic E-state index is 0.0365. The number of hydrogen-bond donors (Lipinski definition) is 2. The summed E-state index contributed by atoms with van der Waals surface area (Å²) in [6, 6.07) is 9.64. The van der Waals surface area contributed by atoms with E-state index in [4.69, 9.17) is 16.3 Å². The van der Waals surface area contributed by atoms with Crippen molar-refractivity contribution in [2.45, 2.75) is 6.92 Å². The van der Waals surface area contributed by atoms with Gasteiger partial charge in [0.05, 0.1) is 29.9 Å². The molecule has 2 aromatic heterocycles. The molecule has 1 spiro atoms. The fourth-order valence-electron chi connectivity index (χ4n) is 4.18. The van der Waals surface area contributed by atoms with Crippen LogP contribution in [-0.2, 0) is 4.74 Å². The number of para-hydroxylation sites is 1. The van der Waals surface area contributed by atoms with Crippen LogP contribution in [0.3, 0.4) is 0 Å². The first-order valence-electron chi connectivity index (χ1n) is 10.5. The zero-order valence-electron chi connectivity index (χ0n) is 18.1. The number of hydrazine groups is 1. The van der Waals surface area contributed by atoms with E-state index in [0.29, 0.717) is 28.5 Å². The van der Waals surface area contributed by atoms with Crippen LogP contribution >= 0.6 is 0 Å². The van der Waals surface area contributed by atoms with E-state index in [2.05, 4.69) is 9.97 Å². The van der Waals surface area contributed by atoms with Crippen molar-refractivity contribution in [3.8, 4) is 5.82 Å². The molecule has 170 valence electrons. The fraction of sp³-hybridized carbons (Fsp3) is 0.261. The first-order valence-corrected chi connectivity index (χ1v) is 10.5. The van der Waals surface area contributed by atoms with Gasteiger partial charge in [-0.05, 0) is 31.2 Å². The number of carbonyl (C=O) groups excluding carboxylic acids is 1. The van der Waals surface area contributed by atoms with Crippen molar-refractivity contribution in [1.82, 2.24) is 19.4 Å². The molecule has 2 saturated heterocycles. The molecule has 5 rings (SSSR count). The Hall–Kier alpha value is -3.76. The Bertz CT molecular complexity index is 1220. The Morgan fingerprint density at radius 3 is 2.55 bits per heavy atom. The number of nitrogens with zero attached hydrogens (tertiary/aromatic N) is 5. The maximum atomic E-state index is 14.2. The van der Waals surface area contributed by atoms with Gasteiger partial charge in [-0.25, -0.2) is 20.2 Å². The highest BCUT2D eigenvalue weighted by Crippen LogP contribution is 2.38. The third kappa shape index (κ3) is 3.73. The van der Waals surface area contributed by atoms with Crippen molar-refractivity contribution in [2.24, 2.45) is 17.0 Å². The Morgan fingerprint density at radius 2 is 1.94 bits per heavy atom. The fourth-order valence-corrected chi connectivity index (χ4v) is 4.18. The number of ether oxygens (including phenoxy) is 1. The molecule has 0 radical (unpaired) electrons. The first-order chi connectivity index (χ1) is 15.9. The lowest BCUT2D eigenvalue weighted by Gasteiger charge is -2.54. The standard InChI is InChI=1S/C23H24FN7O2/c1-15(25)21(31(26)19-5-3-2-4-17(19)24)18-9-29(14-28-18)20-7-6-16(8-27-20)22(32)30-10-23(11-30)12-33-13-23/h2-9,14H,10-13,25-26H2,1H3/b21-15-. The summed E-state index contributed by atoms with van der Waals surface area (Å²) in [5.41, 5.74) is 8.14. The molecular weight excluding hydrogens is 425 g/mol. The summed E-state index contributed by atoms with van der Waals surface area (Å²) in [6.07, 6.45) is 4.82. The second-order valence-electron chi connectivity index (χ2n) is 8.58. The van der Waals surface area contributed by atoms with Gasteiger partial charge < -0.3 is 15.4 Å². The number of halogens is 1. The van der Waals surface area contributed by atoms with E-state index in [9.17, 15) is 9.18 Å². The number of pyridine rings is 1. The maximum absolute atomic E-state index is 14.2. The van der Waals surface area contributed by atoms with E-state index >= 15 is 0 Å². The van der Waals surface area contributed by atoms with Crippen LogP contribution in [-0.4, -0.2) is 51.6 Å². The molecule has 2 aliphatic heterocycles. The van der Waals surface area contributed by atoms with Crippen LogP contribution in [0.2, 0.25) is 0 Å². The highest BCUT2D eigenvalue weighted by molar-refractivity contribution is 5.94. The third-order valence-electron chi connectivity index (χ3n) is 5.97. The van der Waals surface area contributed by atoms with Crippen LogP contribution in [0, 0.1) is 11.2 Å². The zero-order valence-corrected chi connectivity index (χ0v) is 18.1. The van der Waals surface area contributed by atoms with Gasteiger partial charge >= 0.3 is 0 Å². The molecular formula is C23H24FN7O2. The van der Waals surface area contributed by atoms with E-state index in [0.717, 1.165) is 26.3 Å². The van der Waals surface area contributed by atoms with E-state index in [-0.39, 0.29) is 17.0 Å². The highest BCUT2D eigenvalue weighted by Gasteiger charge is 2.50. The average molecular weight is 449 g/mol. The maximum Gasteiger partial charge on any atom is 0.255 e. The molecule has 1 aromatic carbocycles. The molecule has 4 N–H and O–H groups in total. The lowest BCUT2D eigenvalue weighted by atomic mass is 9.78. The van der Waals surface area contributed by atoms with E-state index in [1.807, 2.05) is 4.90 Å². The Balaban J connectivity index is 1.34. The quantitative estimate of drug-likeness (QED) is 0.452. The van der Waals surface area contributed by atoms with Gasteiger partial charge in [0.1, 0.15) is 29.4 Å². The molecule has 0 atom stereocenters. The van der Waals surface area contributed by atoms with Crippen molar-refractivity contribution in [2.75, 3.05) is 31.3 Å². The van der Waals surface area contributed by atoms with Crippen molar-refractivity contribution in [3.63, 3.8) is 0 Å². The first kappa shape index (κ1) is 21.1. The van der Waals surface area contributed by atoms with Crippen LogP contribution in [0.15, 0.2) is 60.8 Å². The number of likely N-dealkylation sites (tertiary alicyclic amines) is 1. The number of benzene rings is 1. The topological polar surface area (TPSA) is 116 Å². The van der Waals surface area contributed by atoms with Crippen LogP contribution in [0.1, 0.15) is 23.0 Å². The van der Waals surface area contributed by atoms with Crippen molar-refractivity contribution in [1.29, 1.82) is 0 Å². The second-order valence-corrected chi connectivity index (χ2v) is 8.58. The minimum atomic E-state index is -0.474. The molecule has 2 aliphatic rings. The number of rotatable bonds is 5. The summed E-state index contributed by atoms with van der Waals surface area (Å²) in [6.45, 7) is 4.58. The second kappa shape index (κ2) is 7.98. The summed E-state index contributed by atoms with van der Waals surface area (Å²) >= 11 is 0. The number of hydrogen-bond acceptors (Lipinski definition) is 7. The van der Waals surface area contributed by atoms with Gasteiger partial charge in [0.15, 0.2) is 0 Å². The summed E-state index contributed by atoms with van der Waals surface area (Å²) in [5, 5.41) is 1.18. The van der Waals surface area contributed by atoms with Crippen molar-refractivity contribution >= 4 is 17.3 Å². The Labute approximate surface area is 190 Å². The predicted octanol–water partition coefficient (Wildman–Crippen LogP) is 1.91. The lowest BCUT2D eigenvalue weighted by molar-refractivity contribution is -0.176. The van der Waals surface area contributed by atoms with Gasteiger partial charge in [-0.2, -0.15) is 0 Å². The van der Waals surface area contributed by atoms with Gasteiger partial charge in [0, 0.05) is 31.2 Å². The van der Waals surface area contributed by atoms with E-state index < -0.39 is 5.82 Å². The molecule has 4 heterocycles. The molecule has 3 aromatic rings. The van der Waals surface area contributed by atoms with E-state index in [1.54, 1.807) is 60.5 Å². The van der Waals surface area contributed by atoms with Crippen LogP contribution in [0.5, 0.6) is 0 Å². The van der Waals surface area contributed by atoms with E-state index in [1.165, 1.54) is 11.1 Å². The lowest BCUT2D eigenvalue weighted by Crippen LogP contribution is -2.67. The number of amides is 1. The minimum Gasteiger partial charge on any atom is -0.400 e. The normalized spacial score (nSPS) is 17.2. The van der Waals surface area contributed by atoms with Gasteiger partial charge in [-0.15, -0.1) is 0 Å². The number of nitrogens with two attached hydrogens (primary N) is 2. The SMILES string of the molecule is C/C(N)=C(\c1cn(-c2ccc(C(=O)N3CC4(COC4)C3)cn2)cn1)N(N)c1ccccc1F. The molecule has 9 nitrogen and oxygen atoms in total. The van der Waals surface area contributed by atoms with Gasteiger partial charge in [-0.1, -0.05) is 12.1 Å². The van der Waals surface area contributed by atoms with Gasteiger partial charge in [0.2, 0.25) is 0 Å². The Kier molecular flexibility index (Phi) is 5.10. The summed E-state index contributed by atoms with van der Waals surface area (Å²) < 4.78 is 21.2. The predicted molar refractivity (Wildman–Crippen MR) is 120 cm³/mol. The van der Waals surface area contributed by atoms with Crippen LogP contribution in [0.4, 0.5) is 10.1 Å². The molecule has 0 saturated carbocycles. The summed E-state index contributed by atoms with van der Waals surface area (Å²) in [5.74, 6) is 6.26. The molecule has 0 aliphatic carbocycles. The van der Waals surface area contributed by atoms with Crippen LogP contribution < -0.4 is 16.6 Å². The summed E-state index contributed by atoms with van der Waals surface area (Å²) in [4.78, 5) is 23.3. The summed E-state index contributed by atoms with van der Waals surface area (Å²) in [7, 11) is 0. The molecule has 2 fully saturated rings. The molecule has 1 amide bonds. The Morgan fingerprint density at radius 1 is 1.18 bits per heavy atom. The molecule has 33 heavy (non-hydrogen) atoms. The highest BCUT2D eigenvalue weighted by atomic mass is 19.1. The number of imidazole rings is 1. The average Bonchev–Trinajstić information content (AvgIpc) is 3.21. The van der Waals surface area contributed by atoms with Gasteiger partial charge in [-0.3, -0.25) is 14.4 Å². The number of aromatic nitrogens is 3. The third-order valence-corrected chi connectivity index (χ3v) is 5.97. The molecule has 0 bridgehead atoms. The molecule has 0 unspecified atom stereocenters. The van der Waals surface area contributed by atoms with Crippen LogP contribution in [0.25, 0.3) is 11.5 Å². The number of carbonyl (C=O) groups is 1. The smallest absolute Gasteiger partial charge is 0.255 e. The molecule has 10 heteroatoms. The number of anilines is 1. The largest absolute Gasteiger partial charge is 0.400 e. The van der Waals surface area contributed by atoms with Gasteiger partial charge in [0.25, 0.3) is 5.91 Å². The van der Waals surface area contributed by atoms with Crippen molar-refractivity contribution in [3.05, 3.63) is 77.9 Å². The zero-order chi connectivity index (χ0) is 23.2.